The topological polar surface area (TPSA) is 30.5 Å². The Bertz CT molecular complexity index is 391. The Kier molecular flexibility index (Phi) is 3.81. The fourth-order valence-corrected chi connectivity index (χ4v) is 2.45. The number of hydrogen-bond acceptors (Lipinski definition) is 3. The molecule has 1 unspecified atom stereocenters. The van der Waals surface area contributed by atoms with Crippen molar-refractivity contribution in [3.05, 3.63) is 23.8 Å². The van der Waals surface area contributed by atoms with E-state index in [-0.39, 0.29) is 0 Å². The Morgan fingerprint density at radius 2 is 1.72 bits per heavy atom. The second-order valence-electron chi connectivity index (χ2n) is 5.29. The van der Waals surface area contributed by atoms with Crippen LogP contribution in [-0.2, 0) is 0 Å². The van der Waals surface area contributed by atoms with E-state index >= 15 is 0 Å². The summed E-state index contributed by atoms with van der Waals surface area (Å²) < 4.78 is 10.7. The van der Waals surface area contributed by atoms with Crippen molar-refractivity contribution in [1.82, 2.24) is 5.32 Å². The zero-order valence-electron chi connectivity index (χ0n) is 11.7. The molecule has 0 spiro atoms. The summed E-state index contributed by atoms with van der Waals surface area (Å²) in [5.74, 6) is 1.72. The summed E-state index contributed by atoms with van der Waals surface area (Å²) in [4.78, 5) is 0. The lowest BCUT2D eigenvalue weighted by Gasteiger charge is -2.25. The van der Waals surface area contributed by atoms with Crippen molar-refractivity contribution >= 4 is 0 Å². The third-order valence-corrected chi connectivity index (χ3v) is 3.85. The van der Waals surface area contributed by atoms with Crippen LogP contribution in [0, 0.1) is 5.41 Å². The van der Waals surface area contributed by atoms with Gasteiger partial charge in [0.25, 0.3) is 0 Å². The minimum atomic E-state index is 0.381. The molecule has 1 aliphatic carbocycles. The highest BCUT2D eigenvalue weighted by molar-refractivity contribution is 5.41. The van der Waals surface area contributed by atoms with Crippen LogP contribution in [0.4, 0.5) is 0 Å². The van der Waals surface area contributed by atoms with Crippen LogP contribution >= 0.6 is 0 Å². The molecule has 1 atom stereocenters. The van der Waals surface area contributed by atoms with E-state index in [0.717, 1.165) is 18.0 Å². The molecule has 0 aromatic heterocycles. The molecule has 0 aliphatic heterocycles. The summed E-state index contributed by atoms with van der Waals surface area (Å²) in [6, 6.07) is 6.52. The van der Waals surface area contributed by atoms with Crippen molar-refractivity contribution in [2.45, 2.75) is 32.7 Å². The maximum atomic E-state index is 5.35. The SMILES string of the molecule is CCNC(c1cc(OC)cc(OC)c1)C1(C)CC1. The molecule has 2 rings (SSSR count). The van der Waals surface area contributed by atoms with Gasteiger partial charge in [-0.2, -0.15) is 0 Å². The van der Waals surface area contributed by atoms with Gasteiger partial charge in [0.15, 0.2) is 0 Å². The van der Waals surface area contributed by atoms with Gasteiger partial charge < -0.3 is 14.8 Å². The molecular weight excluding hydrogens is 226 g/mol. The van der Waals surface area contributed by atoms with Crippen LogP contribution in [0.1, 0.15) is 38.3 Å². The highest BCUT2D eigenvalue weighted by Gasteiger charge is 2.45. The smallest absolute Gasteiger partial charge is 0.122 e. The van der Waals surface area contributed by atoms with E-state index in [9.17, 15) is 0 Å². The molecule has 18 heavy (non-hydrogen) atoms. The van der Waals surface area contributed by atoms with E-state index < -0.39 is 0 Å². The minimum Gasteiger partial charge on any atom is -0.497 e. The van der Waals surface area contributed by atoms with Crippen molar-refractivity contribution in [3.8, 4) is 11.5 Å². The molecule has 3 heteroatoms. The van der Waals surface area contributed by atoms with Crippen LogP contribution in [-0.4, -0.2) is 20.8 Å². The van der Waals surface area contributed by atoms with Crippen LogP contribution in [0.25, 0.3) is 0 Å². The summed E-state index contributed by atoms with van der Waals surface area (Å²) in [6.45, 7) is 5.46. The van der Waals surface area contributed by atoms with Crippen LogP contribution in [0.15, 0.2) is 18.2 Å². The quantitative estimate of drug-likeness (QED) is 0.840. The fourth-order valence-electron chi connectivity index (χ4n) is 2.45. The van der Waals surface area contributed by atoms with E-state index in [2.05, 4.69) is 31.3 Å². The predicted molar refractivity (Wildman–Crippen MR) is 73.3 cm³/mol. The molecule has 1 saturated carbocycles. The van der Waals surface area contributed by atoms with E-state index in [1.54, 1.807) is 14.2 Å². The van der Waals surface area contributed by atoms with Crippen molar-refractivity contribution in [3.63, 3.8) is 0 Å². The van der Waals surface area contributed by atoms with Crippen molar-refractivity contribution in [2.75, 3.05) is 20.8 Å². The Morgan fingerprint density at radius 1 is 1.17 bits per heavy atom. The van der Waals surface area contributed by atoms with Gasteiger partial charge >= 0.3 is 0 Å². The molecule has 1 aromatic rings. The molecule has 1 aromatic carbocycles. The van der Waals surface area contributed by atoms with Gasteiger partial charge in [-0.05, 0) is 42.5 Å². The minimum absolute atomic E-state index is 0.381. The number of methoxy groups -OCH3 is 2. The first kappa shape index (κ1) is 13.2. The van der Waals surface area contributed by atoms with Gasteiger partial charge in [-0.25, -0.2) is 0 Å². The molecule has 0 saturated heterocycles. The van der Waals surface area contributed by atoms with Gasteiger partial charge in [0.1, 0.15) is 11.5 Å². The zero-order chi connectivity index (χ0) is 13.2. The van der Waals surface area contributed by atoms with Crippen molar-refractivity contribution in [2.24, 2.45) is 5.41 Å². The number of rotatable bonds is 6. The van der Waals surface area contributed by atoms with E-state index in [1.807, 2.05) is 6.07 Å². The van der Waals surface area contributed by atoms with Crippen LogP contribution in [0.2, 0.25) is 0 Å². The first-order valence-electron chi connectivity index (χ1n) is 6.59. The largest absolute Gasteiger partial charge is 0.497 e. The second-order valence-corrected chi connectivity index (χ2v) is 5.29. The average Bonchev–Trinajstić information content (AvgIpc) is 3.14. The van der Waals surface area contributed by atoms with Crippen LogP contribution in [0.3, 0.4) is 0 Å². The maximum absolute atomic E-state index is 5.35. The molecule has 0 heterocycles. The summed E-state index contributed by atoms with van der Waals surface area (Å²) in [6.07, 6.45) is 2.56. The van der Waals surface area contributed by atoms with E-state index in [4.69, 9.17) is 9.47 Å². The molecule has 1 aliphatic rings. The summed E-state index contributed by atoms with van der Waals surface area (Å²) in [5.41, 5.74) is 1.64. The van der Waals surface area contributed by atoms with Gasteiger partial charge in [0.2, 0.25) is 0 Å². The number of nitrogens with one attached hydrogen (secondary N) is 1. The van der Waals surface area contributed by atoms with Gasteiger partial charge in [0, 0.05) is 12.1 Å². The lowest BCUT2D eigenvalue weighted by Crippen LogP contribution is -2.27. The third kappa shape index (κ3) is 2.61. The molecule has 0 amide bonds. The molecular formula is C15H23NO2. The molecule has 100 valence electrons. The molecule has 1 N–H and O–H groups in total. The van der Waals surface area contributed by atoms with Gasteiger partial charge in [-0.15, -0.1) is 0 Å². The summed E-state index contributed by atoms with van der Waals surface area (Å²) >= 11 is 0. The van der Waals surface area contributed by atoms with Gasteiger partial charge in [-0.3, -0.25) is 0 Å². The summed E-state index contributed by atoms with van der Waals surface area (Å²) in [7, 11) is 3.39. The standard InChI is InChI=1S/C15H23NO2/c1-5-16-14(15(2)6-7-15)11-8-12(17-3)10-13(9-11)18-4/h8-10,14,16H,5-7H2,1-4H3. The Balaban J connectivity index is 2.34. The predicted octanol–water partition coefficient (Wildman–Crippen LogP) is 3.15. The van der Waals surface area contributed by atoms with Gasteiger partial charge in [0.05, 0.1) is 14.2 Å². The molecule has 0 radical (unpaired) electrons. The highest BCUT2D eigenvalue weighted by atomic mass is 16.5. The molecule has 0 bridgehead atoms. The molecule has 3 nitrogen and oxygen atoms in total. The normalized spacial score (nSPS) is 18.2. The monoisotopic (exact) mass is 249 g/mol. The lowest BCUT2D eigenvalue weighted by molar-refractivity contribution is 0.362. The van der Waals surface area contributed by atoms with Crippen molar-refractivity contribution in [1.29, 1.82) is 0 Å². The molecule has 1 fully saturated rings. The Labute approximate surface area is 109 Å². The number of benzene rings is 1. The fraction of sp³-hybridized carbons (Fsp3) is 0.600. The highest BCUT2D eigenvalue weighted by Crippen LogP contribution is 2.54. The first-order chi connectivity index (χ1) is 8.62. The lowest BCUT2D eigenvalue weighted by atomic mass is 9.91. The third-order valence-electron chi connectivity index (χ3n) is 3.85. The van der Waals surface area contributed by atoms with Crippen LogP contribution < -0.4 is 14.8 Å². The average molecular weight is 249 g/mol. The second kappa shape index (κ2) is 5.19. The maximum Gasteiger partial charge on any atom is 0.122 e. The zero-order valence-corrected chi connectivity index (χ0v) is 11.7. The number of ether oxygens (including phenoxy) is 2. The van der Waals surface area contributed by atoms with E-state index in [1.165, 1.54) is 18.4 Å². The van der Waals surface area contributed by atoms with Gasteiger partial charge in [-0.1, -0.05) is 13.8 Å². The summed E-state index contributed by atoms with van der Waals surface area (Å²) in [5, 5.41) is 3.59. The Hall–Kier alpha value is -1.22. The first-order valence-corrected chi connectivity index (χ1v) is 6.59. The Morgan fingerprint density at radius 3 is 2.11 bits per heavy atom. The van der Waals surface area contributed by atoms with Crippen molar-refractivity contribution < 1.29 is 9.47 Å². The van der Waals surface area contributed by atoms with Crippen LogP contribution in [0.5, 0.6) is 11.5 Å². The van der Waals surface area contributed by atoms with E-state index in [0.29, 0.717) is 11.5 Å². The number of hydrogen-bond donors (Lipinski definition) is 1.